The molecule has 0 saturated carbocycles. The summed E-state index contributed by atoms with van der Waals surface area (Å²) >= 11 is 0. The summed E-state index contributed by atoms with van der Waals surface area (Å²) in [6.45, 7) is 0. The summed E-state index contributed by atoms with van der Waals surface area (Å²) in [5, 5.41) is 10.8. The molecule has 0 saturated heterocycles. The summed E-state index contributed by atoms with van der Waals surface area (Å²) < 4.78 is 0.245. The van der Waals surface area contributed by atoms with Crippen LogP contribution in [0.15, 0.2) is 28.8 Å². The molecule has 2 rings (SSSR count). The minimum Gasteiger partial charge on any atom is -0.708 e. The zero-order chi connectivity index (χ0) is 8.55. The van der Waals surface area contributed by atoms with Gasteiger partial charge in [0.15, 0.2) is 5.71 Å². The van der Waals surface area contributed by atoms with Gasteiger partial charge in [-0.05, 0) is 17.5 Å². The first-order valence-corrected chi connectivity index (χ1v) is 3.58. The van der Waals surface area contributed by atoms with Crippen LogP contribution in [0.3, 0.4) is 0 Å². The summed E-state index contributed by atoms with van der Waals surface area (Å²) in [6, 6.07) is 0. The second-order valence-electron chi connectivity index (χ2n) is 2.52. The van der Waals surface area contributed by atoms with Gasteiger partial charge in [0.05, 0.1) is 0 Å². The molecule has 0 aromatic carbocycles. The molecule has 2 aliphatic rings. The lowest BCUT2D eigenvalue weighted by atomic mass is 10.0. The predicted molar refractivity (Wildman–Crippen MR) is 44.0 cm³/mol. The van der Waals surface area contributed by atoms with Gasteiger partial charge in [-0.1, -0.05) is 12.2 Å². The molecule has 12 heavy (non-hydrogen) atoms. The van der Waals surface area contributed by atoms with E-state index in [0.717, 1.165) is 6.34 Å². The molecule has 0 aromatic rings. The average Bonchev–Trinajstić information content (AvgIpc) is 2.12. The summed E-state index contributed by atoms with van der Waals surface area (Å²) in [6.07, 6.45) is 7.03. The van der Waals surface area contributed by atoms with Crippen molar-refractivity contribution in [3.05, 3.63) is 29.0 Å². The SMILES string of the molecule is O=C1C2=CCC=CC2=NC=[N+]1[O-]. The Morgan fingerprint density at radius 2 is 2.42 bits per heavy atom. The van der Waals surface area contributed by atoms with Gasteiger partial charge in [-0.3, -0.25) is 0 Å². The lowest BCUT2D eigenvalue weighted by Crippen LogP contribution is -2.27. The molecule has 4 nitrogen and oxygen atoms in total. The average molecular weight is 162 g/mol. The molecule has 4 heteroatoms. The van der Waals surface area contributed by atoms with E-state index >= 15 is 0 Å². The van der Waals surface area contributed by atoms with Crippen molar-refractivity contribution < 1.29 is 9.53 Å². The van der Waals surface area contributed by atoms with Crippen molar-refractivity contribution >= 4 is 18.0 Å². The Labute approximate surface area is 68.8 Å². The third kappa shape index (κ3) is 0.887. The molecule has 0 N–H and O–H groups in total. The number of amides is 1. The highest BCUT2D eigenvalue weighted by Crippen LogP contribution is 2.12. The number of fused-ring (bicyclic) bond motifs is 1. The Morgan fingerprint density at radius 3 is 3.25 bits per heavy atom. The molecule has 1 aliphatic heterocycles. The van der Waals surface area contributed by atoms with Gasteiger partial charge in [0.25, 0.3) is 6.34 Å². The van der Waals surface area contributed by atoms with Crippen LogP contribution in [0.2, 0.25) is 0 Å². The first-order chi connectivity index (χ1) is 5.79. The van der Waals surface area contributed by atoms with E-state index in [4.69, 9.17) is 0 Å². The van der Waals surface area contributed by atoms with Crippen LogP contribution in [0.25, 0.3) is 0 Å². The summed E-state index contributed by atoms with van der Waals surface area (Å²) in [7, 11) is 0. The maximum absolute atomic E-state index is 11.2. The number of hydroxylamine groups is 1. The number of nitrogens with zero attached hydrogens (tertiary/aromatic N) is 2. The molecule has 0 bridgehead atoms. The van der Waals surface area contributed by atoms with Crippen molar-refractivity contribution in [1.82, 2.24) is 0 Å². The zero-order valence-electron chi connectivity index (χ0n) is 6.23. The Kier molecular flexibility index (Phi) is 1.40. The van der Waals surface area contributed by atoms with E-state index in [1.165, 1.54) is 0 Å². The van der Waals surface area contributed by atoms with Crippen molar-refractivity contribution in [2.24, 2.45) is 4.99 Å². The monoisotopic (exact) mass is 162 g/mol. The molecule has 1 amide bonds. The molecule has 60 valence electrons. The van der Waals surface area contributed by atoms with Gasteiger partial charge in [0.1, 0.15) is 5.57 Å². The fourth-order valence-electron chi connectivity index (χ4n) is 1.16. The van der Waals surface area contributed by atoms with Crippen LogP contribution in [0, 0.1) is 5.21 Å². The first kappa shape index (κ1) is 6.97. The highest BCUT2D eigenvalue weighted by Gasteiger charge is 2.25. The lowest BCUT2D eigenvalue weighted by molar-refractivity contribution is -0.373. The highest BCUT2D eigenvalue weighted by molar-refractivity contribution is 6.27. The molecule has 1 aliphatic carbocycles. The summed E-state index contributed by atoms with van der Waals surface area (Å²) in [5.41, 5.74) is 0.994. The van der Waals surface area contributed by atoms with Crippen molar-refractivity contribution in [3.63, 3.8) is 0 Å². The maximum atomic E-state index is 11.2. The number of hydrogen-bond donors (Lipinski definition) is 0. The molecular weight excluding hydrogens is 156 g/mol. The minimum absolute atomic E-state index is 0.245. The van der Waals surface area contributed by atoms with Crippen LogP contribution in [-0.4, -0.2) is 22.7 Å². The maximum Gasteiger partial charge on any atom is 0.348 e. The van der Waals surface area contributed by atoms with Gasteiger partial charge in [-0.15, -0.1) is 0 Å². The summed E-state index contributed by atoms with van der Waals surface area (Å²) in [5.74, 6) is -0.524. The van der Waals surface area contributed by atoms with Gasteiger partial charge in [-0.2, -0.15) is 4.74 Å². The smallest absolute Gasteiger partial charge is 0.348 e. The van der Waals surface area contributed by atoms with Gasteiger partial charge < -0.3 is 5.21 Å². The summed E-state index contributed by atoms with van der Waals surface area (Å²) in [4.78, 5) is 15.0. The van der Waals surface area contributed by atoms with Crippen LogP contribution in [0.1, 0.15) is 6.42 Å². The predicted octanol–water partition coefficient (Wildman–Crippen LogP) is 0.392. The standard InChI is InChI=1S/C8H6N2O2/c11-8-6-3-1-2-4-7(6)9-5-10(8)12/h2-5H,1H2. The fraction of sp³-hybridized carbons (Fsp3) is 0.125. The second kappa shape index (κ2) is 2.41. The van der Waals surface area contributed by atoms with E-state index in [-0.39, 0.29) is 4.74 Å². The molecule has 0 unspecified atom stereocenters. The van der Waals surface area contributed by atoms with Crippen molar-refractivity contribution in [1.29, 1.82) is 0 Å². The van der Waals surface area contributed by atoms with Gasteiger partial charge >= 0.3 is 5.91 Å². The van der Waals surface area contributed by atoms with E-state index in [0.29, 0.717) is 17.7 Å². The van der Waals surface area contributed by atoms with Crippen LogP contribution >= 0.6 is 0 Å². The number of rotatable bonds is 0. The lowest BCUT2D eigenvalue weighted by Gasteiger charge is -2.11. The van der Waals surface area contributed by atoms with Gasteiger partial charge in [0.2, 0.25) is 0 Å². The van der Waals surface area contributed by atoms with Gasteiger partial charge in [0, 0.05) is 0 Å². The van der Waals surface area contributed by atoms with E-state index in [1.807, 2.05) is 6.08 Å². The molecule has 0 atom stereocenters. The van der Waals surface area contributed by atoms with E-state index in [2.05, 4.69) is 4.99 Å². The fourth-order valence-corrected chi connectivity index (χ4v) is 1.16. The Morgan fingerprint density at radius 1 is 1.58 bits per heavy atom. The van der Waals surface area contributed by atoms with E-state index in [9.17, 15) is 10.0 Å². The molecule has 0 fully saturated rings. The van der Waals surface area contributed by atoms with Crippen molar-refractivity contribution in [2.45, 2.75) is 6.42 Å². The van der Waals surface area contributed by atoms with Crippen molar-refractivity contribution in [3.8, 4) is 0 Å². The molecular formula is C8H6N2O2. The zero-order valence-corrected chi connectivity index (χ0v) is 6.23. The number of allylic oxidation sites excluding steroid dienone is 3. The number of aliphatic imine (C=N–C) groups is 1. The topological polar surface area (TPSA) is 55.5 Å². The second-order valence-corrected chi connectivity index (χ2v) is 2.52. The first-order valence-electron chi connectivity index (χ1n) is 3.58. The van der Waals surface area contributed by atoms with Crippen LogP contribution in [0.4, 0.5) is 0 Å². The van der Waals surface area contributed by atoms with Crippen LogP contribution in [0.5, 0.6) is 0 Å². The van der Waals surface area contributed by atoms with E-state index < -0.39 is 5.91 Å². The number of carbonyl (C=O) groups excluding carboxylic acids is 1. The minimum atomic E-state index is -0.524. The third-order valence-corrected chi connectivity index (χ3v) is 1.74. The van der Waals surface area contributed by atoms with Crippen LogP contribution < -0.4 is 0 Å². The Hall–Kier alpha value is -1.71. The van der Waals surface area contributed by atoms with Crippen LogP contribution in [-0.2, 0) is 4.79 Å². The molecule has 1 heterocycles. The third-order valence-electron chi connectivity index (χ3n) is 1.74. The Balaban J connectivity index is 2.51. The quantitative estimate of drug-likeness (QED) is 0.382. The molecule has 0 aromatic heterocycles. The normalized spacial score (nSPS) is 21.0. The highest BCUT2D eigenvalue weighted by atomic mass is 16.5. The Bertz CT molecular complexity index is 361. The largest absolute Gasteiger partial charge is 0.708 e. The van der Waals surface area contributed by atoms with Crippen molar-refractivity contribution in [2.75, 3.05) is 0 Å². The van der Waals surface area contributed by atoms with E-state index in [1.54, 1.807) is 12.2 Å². The number of carbonyl (C=O) groups is 1. The molecule has 0 spiro atoms. The number of hydrogen-bond acceptors (Lipinski definition) is 3. The molecule has 0 radical (unpaired) electrons. The van der Waals surface area contributed by atoms with Gasteiger partial charge in [-0.25, -0.2) is 4.79 Å².